The largest absolute Gasteiger partial charge is 0.414 e. The van der Waals surface area contributed by atoms with E-state index in [0.29, 0.717) is 5.92 Å². The molecule has 0 saturated heterocycles. The maximum atomic E-state index is 6.86. The van der Waals surface area contributed by atoms with Gasteiger partial charge in [-0.15, -0.1) is 0 Å². The Morgan fingerprint density at radius 2 is 1.29 bits per heavy atom. The van der Waals surface area contributed by atoms with Gasteiger partial charge in [0.1, 0.15) is 0 Å². The molecule has 0 unspecified atom stereocenters. The van der Waals surface area contributed by atoms with Gasteiger partial charge in [0.25, 0.3) is 0 Å². The van der Waals surface area contributed by atoms with Crippen LogP contribution in [-0.2, 0) is 8.85 Å². The average molecular weight is 427 g/mol. The predicted octanol–water partition coefficient (Wildman–Crippen LogP) is 8.34. The van der Waals surface area contributed by atoms with Gasteiger partial charge in [0.15, 0.2) is 16.6 Å². The normalized spacial score (nSPS) is 18.4. The van der Waals surface area contributed by atoms with Gasteiger partial charge in [-0.1, -0.05) is 72.3 Å². The SMILES string of the molecule is C/C=C/C(C)=C/[C@H](O[Si](C)(C)C(C)(C)C)[C@@H](C)C[C@H](C)O[Si](C)(C)C(C)(C)C. The second-order valence-electron chi connectivity index (χ2n) is 11.7. The zero-order valence-corrected chi connectivity index (χ0v) is 23.5. The minimum atomic E-state index is -1.85. The van der Waals surface area contributed by atoms with E-state index in [0.717, 1.165) is 6.42 Å². The molecule has 0 aromatic carbocycles. The number of hydrogen-bond acceptors (Lipinski definition) is 2. The zero-order valence-electron chi connectivity index (χ0n) is 21.5. The Kier molecular flexibility index (Phi) is 10.2. The van der Waals surface area contributed by atoms with Gasteiger partial charge in [0.2, 0.25) is 0 Å². The quantitative estimate of drug-likeness (QED) is 0.272. The Balaban J connectivity index is 5.48. The Morgan fingerprint density at radius 1 is 0.857 bits per heavy atom. The van der Waals surface area contributed by atoms with E-state index in [1.807, 2.05) is 0 Å². The molecule has 0 radical (unpaired) electrons. The van der Waals surface area contributed by atoms with E-state index < -0.39 is 16.6 Å². The lowest BCUT2D eigenvalue weighted by Crippen LogP contribution is -2.46. The van der Waals surface area contributed by atoms with Gasteiger partial charge in [-0.2, -0.15) is 0 Å². The lowest BCUT2D eigenvalue weighted by molar-refractivity contribution is 0.112. The van der Waals surface area contributed by atoms with Crippen LogP contribution in [0.4, 0.5) is 0 Å². The van der Waals surface area contributed by atoms with Crippen LogP contribution in [0.3, 0.4) is 0 Å². The third-order valence-electron chi connectivity index (χ3n) is 6.66. The molecule has 3 atom stereocenters. The summed E-state index contributed by atoms with van der Waals surface area (Å²) in [5.74, 6) is 0.411. The van der Waals surface area contributed by atoms with Crippen LogP contribution in [0.15, 0.2) is 23.8 Å². The first-order valence-electron chi connectivity index (χ1n) is 11.0. The van der Waals surface area contributed by atoms with Gasteiger partial charge in [-0.25, -0.2) is 0 Å². The van der Waals surface area contributed by atoms with E-state index in [4.69, 9.17) is 8.85 Å². The summed E-state index contributed by atoms with van der Waals surface area (Å²) in [6, 6.07) is 0. The van der Waals surface area contributed by atoms with Crippen LogP contribution >= 0.6 is 0 Å². The fraction of sp³-hybridized carbons (Fsp3) is 0.833. The predicted molar refractivity (Wildman–Crippen MR) is 132 cm³/mol. The lowest BCUT2D eigenvalue weighted by Gasteiger charge is -2.42. The van der Waals surface area contributed by atoms with Crippen LogP contribution < -0.4 is 0 Å². The Labute approximate surface area is 179 Å². The Bertz CT molecular complexity index is 534. The minimum Gasteiger partial charge on any atom is -0.414 e. The lowest BCUT2D eigenvalue weighted by atomic mass is 9.96. The molecule has 0 spiro atoms. The molecule has 0 bridgehead atoms. The molecule has 4 heteroatoms. The van der Waals surface area contributed by atoms with Gasteiger partial charge in [0.05, 0.1) is 6.10 Å². The fourth-order valence-electron chi connectivity index (χ4n) is 2.79. The third kappa shape index (κ3) is 8.68. The summed E-state index contributed by atoms with van der Waals surface area (Å²) < 4.78 is 13.5. The molecule has 0 heterocycles. The van der Waals surface area contributed by atoms with E-state index in [1.165, 1.54) is 5.57 Å². The molecule has 0 aromatic rings. The van der Waals surface area contributed by atoms with Crippen molar-refractivity contribution in [2.75, 3.05) is 0 Å². The summed E-state index contributed by atoms with van der Waals surface area (Å²) in [6.45, 7) is 32.0. The highest BCUT2D eigenvalue weighted by Crippen LogP contribution is 2.40. The molecule has 0 aliphatic heterocycles. The molecule has 0 saturated carbocycles. The second-order valence-corrected chi connectivity index (χ2v) is 21.2. The van der Waals surface area contributed by atoms with Crippen LogP contribution in [0.2, 0.25) is 36.3 Å². The topological polar surface area (TPSA) is 18.5 Å². The highest BCUT2D eigenvalue weighted by molar-refractivity contribution is 6.74. The van der Waals surface area contributed by atoms with Gasteiger partial charge >= 0.3 is 0 Å². The summed E-state index contributed by atoms with van der Waals surface area (Å²) >= 11 is 0. The van der Waals surface area contributed by atoms with Crippen molar-refractivity contribution in [1.29, 1.82) is 0 Å². The summed E-state index contributed by atoms with van der Waals surface area (Å²) in [5, 5.41) is 0.445. The van der Waals surface area contributed by atoms with Gasteiger partial charge < -0.3 is 8.85 Å². The molecule has 0 rings (SSSR count). The van der Waals surface area contributed by atoms with Crippen molar-refractivity contribution in [3.63, 3.8) is 0 Å². The van der Waals surface area contributed by atoms with Crippen LogP contribution in [-0.4, -0.2) is 28.8 Å². The zero-order chi connectivity index (χ0) is 22.6. The van der Waals surface area contributed by atoms with Crippen LogP contribution in [0, 0.1) is 5.92 Å². The summed E-state index contributed by atoms with van der Waals surface area (Å²) in [5.41, 5.74) is 1.27. The van der Waals surface area contributed by atoms with E-state index in [1.54, 1.807) is 0 Å². The van der Waals surface area contributed by atoms with E-state index in [-0.39, 0.29) is 22.3 Å². The Hall–Kier alpha value is -0.166. The maximum Gasteiger partial charge on any atom is 0.192 e. The molecule has 0 amide bonds. The molecule has 0 aromatic heterocycles. The van der Waals surface area contributed by atoms with E-state index in [9.17, 15) is 0 Å². The molecule has 0 N–H and O–H groups in total. The fourth-order valence-corrected chi connectivity index (χ4v) is 5.58. The maximum absolute atomic E-state index is 6.86. The van der Waals surface area contributed by atoms with Crippen molar-refractivity contribution < 1.29 is 8.85 Å². The molecule has 0 aliphatic carbocycles. The van der Waals surface area contributed by atoms with Gasteiger partial charge in [0, 0.05) is 6.10 Å². The van der Waals surface area contributed by atoms with Crippen molar-refractivity contribution in [1.82, 2.24) is 0 Å². The third-order valence-corrected chi connectivity index (χ3v) is 15.7. The van der Waals surface area contributed by atoms with Crippen molar-refractivity contribution >= 4 is 16.6 Å². The van der Waals surface area contributed by atoms with E-state index in [2.05, 4.69) is 114 Å². The summed E-state index contributed by atoms with van der Waals surface area (Å²) in [6.07, 6.45) is 7.99. The molecule has 0 aliphatic rings. The summed E-state index contributed by atoms with van der Waals surface area (Å²) in [4.78, 5) is 0. The highest BCUT2D eigenvalue weighted by atomic mass is 28.4. The van der Waals surface area contributed by atoms with Crippen molar-refractivity contribution in [2.45, 2.75) is 124 Å². The summed E-state index contributed by atoms with van der Waals surface area (Å²) in [7, 11) is -3.60. The molecule has 0 fully saturated rings. The minimum absolute atomic E-state index is 0.127. The van der Waals surface area contributed by atoms with Crippen molar-refractivity contribution in [3.8, 4) is 0 Å². The first-order chi connectivity index (χ1) is 12.3. The molecule has 2 nitrogen and oxygen atoms in total. The molecule has 28 heavy (non-hydrogen) atoms. The average Bonchev–Trinajstić information content (AvgIpc) is 2.43. The number of rotatable bonds is 9. The Morgan fingerprint density at radius 3 is 1.68 bits per heavy atom. The number of hydrogen-bond donors (Lipinski definition) is 0. The molecular weight excluding hydrogens is 376 g/mol. The van der Waals surface area contributed by atoms with Crippen molar-refractivity contribution in [2.24, 2.45) is 5.92 Å². The van der Waals surface area contributed by atoms with Gasteiger partial charge in [-0.3, -0.25) is 0 Å². The van der Waals surface area contributed by atoms with Crippen LogP contribution in [0.5, 0.6) is 0 Å². The van der Waals surface area contributed by atoms with Crippen LogP contribution in [0.25, 0.3) is 0 Å². The highest BCUT2D eigenvalue weighted by Gasteiger charge is 2.41. The molecular formula is C24H50O2Si2. The molecule has 166 valence electrons. The number of allylic oxidation sites excluding steroid dienone is 3. The second kappa shape index (κ2) is 10.2. The van der Waals surface area contributed by atoms with Gasteiger partial charge in [-0.05, 0) is 69.4 Å². The van der Waals surface area contributed by atoms with Crippen LogP contribution in [0.1, 0.15) is 75.7 Å². The van der Waals surface area contributed by atoms with Crippen molar-refractivity contribution in [3.05, 3.63) is 23.8 Å². The standard InChI is InChI=1S/C24H50O2Si2/c1-15-16-19(2)17-22(26-28(13,14)24(8,9)10)20(3)18-21(4)25-27(11,12)23(5,6)7/h15-17,20-22H,18H2,1-14H3/b16-15+,19-17+/t20-,21-,22-/m0/s1. The monoisotopic (exact) mass is 426 g/mol. The smallest absolute Gasteiger partial charge is 0.192 e. The van der Waals surface area contributed by atoms with E-state index >= 15 is 0 Å². The first-order valence-corrected chi connectivity index (χ1v) is 16.8. The first kappa shape index (κ1) is 27.8.